The van der Waals surface area contributed by atoms with E-state index in [-0.39, 0.29) is 21.4 Å². The smallest absolute Gasteiger partial charge is 0.358 e. The van der Waals surface area contributed by atoms with Gasteiger partial charge in [-0.1, -0.05) is 29.8 Å². The Morgan fingerprint density at radius 1 is 1.53 bits per heavy atom. The lowest BCUT2D eigenvalue weighted by Gasteiger charge is -2.08. The van der Waals surface area contributed by atoms with E-state index in [9.17, 15) is 4.79 Å². The van der Waals surface area contributed by atoms with Crippen molar-refractivity contribution in [2.75, 3.05) is 12.8 Å². The number of rotatable bonds is 2. The van der Waals surface area contributed by atoms with Gasteiger partial charge in [-0.05, 0) is 6.08 Å². The molecular formula is C9H8Cl2N2O2. The van der Waals surface area contributed by atoms with Crippen LogP contribution in [-0.2, 0) is 4.74 Å². The van der Waals surface area contributed by atoms with Crippen LogP contribution in [0.4, 0.5) is 5.69 Å². The van der Waals surface area contributed by atoms with E-state index < -0.39 is 5.97 Å². The molecule has 0 atom stereocenters. The molecule has 0 radical (unpaired) electrons. The van der Waals surface area contributed by atoms with E-state index in [1.807, 2.05) is 0 Å². The van der Waals surface area contributed by atoms with Gasteiger partial charge in [-0.3, -0.25) is 0 Å². The summed E-state index contributed by atoms with van der Waals surface area (Å²) in [5.41, 5.74) is 5.90. The molecular weight excluding hydrogens is 239 g/mol. The third-order valence-electron chi connectivity index (χ3n) is 1.71. The minimum absolute atomic E-state index is 0.0162. The first-order valence-electron chi connectivity index (χ1n) is 3.88. The number of nitrogen functional groups attached to an aromatic ring is 1. The predicted molar refractivity (Wildman–Crippen MR) is 60.1 cm³/mol. The normalized spacial score (nSPS) is 9.80. The minimum atomic E-state index is -0.675. The fraction of sp³-hybridized carbons (Fsp3) is 0.111. The summed E-state index contributed by atoms with van der Waals surface area (Å²) in [6.07, 6.45) is 1.38. The van der Waals surface area contributed by atoms with Crippen molar-refractivity contribution in [2.24, 2.45) is 0 Å². The van der Waals surface area contributed by atoms with E-state index in [1.54, 1.807) is 0 Å². The summed E-state index contributed by atoms with van der Waals surface area (Å²) in [5.74, 6) is -0.675. The first kappa shape index (κ1) is 11.8. The molecule has 0 aliphatic heterocycles. The summed E-state index contributed by atoms with van der Waals surface area (Å²) in [6, 6.07) is 0. The topological polar surface area (TPSA) is 65.2 Å². The van der Waals surface area contributed by atoms with Gasteiger partial charge in [0.25, 0.3) is 0 Å². The molecule has 80 valence electrons. The molecule has 0 aliphatic rings. The lowest BCUT2D eigenvalue weighted by Crippen LogP contribution is -2.08. The molecule has 0 fully saturated rings. The molecule has 0 amide bonds. The minimum Gasteiger partial charge on any atom is -0.464 e. The van der Waals surface area contributed by atoms with Gasteiger partial charge in [-0.25, -0.2) is 9.78 Å². The summed E-state index contributed by atoms with van der Waals surface area (Å²) in [4.78, 5) is 15.1. The number of aromatic nitrogens is 1. The molecule has 1 aromatic heterocycles. The molecule has 0 aromatic carbocycles. The second kappa shape index (κ2) is 4.51. The standard InChI is InChI=1S/C9H8Cl2N2O2/c1-3-4-5(10)7(12)6(11)8(13-4)9(14)15-2/h3H,1H2,2H3,(H2,12,13). The summed E-state index contributed by atoms with van der Waals surface area (Å²) in [6.45, 7) is 3.49. The Labute approximate surface area is 96.6 Å². The number of carbonyl (C=O) groups is 1. The summed E-state index contributed by atoms with van der Waals surface area (Å²) >= 11 is 11.6. The van der Waals surface area contributed by atoms with Crippen LogP contribution >= 0.6 is 23.2 Å². The van der Waals surface area contributed by atoms with E-state index in [0.29, 0.717) is 5.69 Å². The Kier molecular flexibility index (Phi) is 3.55. The first-order valence-corrected chi connectivity index (χ1v) is 4.63. The molecule has 0 saturated heterocycles. The summed E-state index contributed by atoms with van der Waals surface area (Å²) < 4.78 is 4.49. The van der Waals surface area contributed by atoms with Gasteiger partial charge >= 0.3 is 5.97 Å². The lowest BCUT2D eigenvalue weighted by atomic mass is 10.2. The Hall–Kier alpha value is -1.26. The van der Waals surface area contributed by atoms with Crippen LogP contribution in [0.3, 0.4) is 0 Å². The average Bonchev–Trinajstić information content (AvgIpc) is 2.25. The Bertz CT molecular complexity index is 433. The highest BCUT2D eigenvalue weighted by molar-refractivity contribution is 6.41. The zero-order valence-electron chi connectivity index (χ0n) is 7.88. The van der Waals surface area contributed by atoms with Crippen molar-refractivity contribution < 1.29 is 9.53 Å². The van der Waals surface area contributed by atoms with Crippen LogP contribution < -0.4 is 5.73 Å². The van der Waals surface area contributed by atoms with Crippen LogP contribution in [0.2, 0.25) is 10.0 Å². The number of nitrogens with zero attached hydrogens (tertiary/aromatic N) is 1. The fourth-order valence-electron chi connectivity index (χ4n) is 0.948. The van der Waals surface area contributed by atoms with Crippen molar-refractivity contribution in [3.63, 3.8) is 0 Å². The van der Waals surface area contributed by atoms with Crippen LogP contribution in [-0.4, -0.2) is 18.1 Å². The van der Waals surface area contributed by atoms with Gasteiger partial charge in [0.05, 0.1) is 28.5 Å². The van der Waals surface area contributed by atoms with Gasteiger partial charge in [0.15, 0.2) is 5.69 Å². The third-order valence-corrected chi connectivity index (χ3v) is 2.49. The monoisotopic (exact) mass is 246 g/mol. The lowest BCUT2D eigenvalue weighted by molar-refractivity contribution is 0.0594. The Morgan fingerprint density at radius 3 is 2.60 bits per heavy atom. The highest BCUT2D eigenvalue weighted by Gasteiger charge is 2.19. The second-order valence-electron chi connectivity index (χ2n) is 2.58. The van der Waals surface area contributed by atoms with Crippen molar-refractivity contribution in [3.8, 4) is 0 Å². The molecule has 1 rings (SSSR count). The van der Waals surface area contributed by atoms with Crippen LogP contribution in [0.25, 0.3) is 6.08 Å². The van der Waals surface area contributed by atoms with Crippen LogP contribution in [0.1, 0.15) is 16.2 Å². The maximum absolute atomic E-state index is 11.3. The van der Waals surface area contributed by atoms with Crippen LogP contribution in [0.5, 0.6) is 0 Å². The number of pyridine rings is 1. The molecule has 0 unspecified atom stereocenters. The molecule has 0 bridgehead atoms. The molecule has 6 heteroatoms. The molecule has 1 aromatic rings. The van der Waals surface area contributed by atoms with Gasteiger partial charge in [0.2, 0.25) is 0 Å². The van der Waals surface area contributed by atoms with Gasteiger partial charge in [-0.2, -0.15) is 0 Å². The number of methoxy groups -OCH3 is 1. The SMILES string of the molecule is C=Cc1nc(C(=O)OC)c(Cl)c(N)c1Cl. The van der Waals surface area contributed by atoms with Gasteiger partial charge in [0, 0.05) is 0 Å². The van der Waals surface area contributed by atoms with E-state index in [2.05, 4.69) is 16.3 Å². The van der Waals surface area contributed by atoms with Crippen LogP contribution in [0, 0.1) is 0 Å². The van der Waals surface area contributed by atoms with Gasteiger partial charge in [0.1, 0.15) is 0 Å². The van der Waals surface area contributed by atoms with E-state index in [4.69, 9.17) is 28.9 Å². The zero-order chi connectivity index (χ0) is 11.6. The zero-order valence-corrected chi connectivity index (χ0v) is 9.39. The number of esters is 1. The molecule has 4 nitrogen and oxygen atoms in total. The van der Waals surface area contributed by atoms with Gasteiger partial charge < -0.3 is 10.5 Å². The Balaban J connectivity index is 3.48. The third kappa shape index (κ3) is 2.06. The van der Waals surface area contributed by atoms with E-state index in [1.165, 1.54) is 13.2 Å². The molecule has 1 heterocycles. The number of halogens is 2. The van der Waals surface area contributed by atoms with E-state index >= 15 is 0 Å². The average molecular weight is 247 g/mol. The van der Waals surface area contributed by atoms with E-state index in [0.717, 1.165) is 0 Å². The quantitative estimate of drug-likeness (QED) is 0.815. The van der Waals surface area contributed by atoms with Crippen molar-refractivity contribution in [1.82, 2.24) is 4.98 Å². The number of hydrogen-bond acceptors (Lipinski definition) is 4. The molecule has 15 heavy (non-hydrogen) atoms. The molecule has 0 aliphatic carbocycles. The number of hydrogen-bond donors (Lipinski definition) is 1. The summed E-state index contributed by atoms with van der Waals surface area (Å²) in [7, 11) is 1.22. The number of anilines is 1. The van der Waals surface area contributed by atoms with Crippen molar-refractivity contribution in [1.29, 1.82) is 0 Å². The summed E-state index contributed by atoms with van der Waals surface area (Å²) in [5, 5.41) is 0.153. The van der Waals surface area contributed by atoms with Crippen LogP contribution in [0.15, 0.2) is 6.58 Å². The second-order valence-corrected chi connectivity index (χ2v) is 3.34. The Morgan fingerprint density at radius 2 is 2.13 bits per heavy atom. The molecule has 0 spiro atoms. The van der Waals surface area contributed by atoms with Crippen molar-refractivity contribution >= 4 is 40.9 Å². The maximum atomic E-state index is 11.3. The highest BCUT2D eigenvalue weighted by Crippen LogP contribution is 2.32. The predicted octanol–water partition coefficient (Wildman–Crippen LogP) is 2.40. The van der Waals surface area contributed by atoms with Crippen molar-refractivity contribution in [2.45, 2.75) is 0 Å². The number of ether oxygens (including phenoxy) is 1. The maximum Gasteiger partial charge on any atom is 0.358 e. The molecule has 2 N–H and O–H groups in total. The first-order chi connectivity index (χ1) is 7.02. The number of carbonyl (C=O) groups excluding carboxylic acids is 1. The number of nitrogens with two attached hydrogens (primary N) is 1. The van der Waals surface area contributed by atoms with Crippen molar-refractivity contribution in [3.05, 3.63) is 28.0 Å². The highest BCUT2D eigenvalue weighted by atomic mass is 35.5. The fourth-order valence-corrected chi connectivity index (χ4v) is 1.42. The van der Waals surface area contributed by atoms with Gasteiger partial charge in [-0.15, -0.1) is 0 Å². The molecule has 0 saturated carbocycles. The largest absolute Gasteiger partial charge is 0.464 e.